The van der Waals surface area contributed by atoms with Crippen molar-refractivity contribution in [3.63, 3.8) is 0 Å². The average Bonchev–Trinajstić information content (AvgIpc) is 2.48. The molecule has 0 spiro atoms. The SMILES string of the molecule is O=C(C[N+](=O)[O-])c1ccccc1Oc1ccc(C(F)(F)F)cc1Cl. The number of alkyl halides is 3. The van der Waals surface area contributed by atoms with E-state index in [0.29, 0.717) is 6.07 Å². The van der Waals surface area contributed by atoms with E-state index in [-0.39, 0.29) is 22.1 Å². The Hall–Kier alpha value is -2.61. The number of halogens is 4. The Morgan fingerprint density at radius 3 is 2.42 bits per heavy atom. The Morgan fingerprint density at radius 1 is 1.17 bits per heavy atom. The van der Waals surface area contributed by atoms with Gasteiger partial charge < -0.3 is 4.74 Å². The lowest BCUT2D eigenvalue weighted by molar-refractivity contribution is -0.465. The van der Waals surface area contributed by atoms with Gasteiger partial charge in [-0.25, -0.2) is 0 Å². The summed E-state index contributed by atoms with van der Waals surface area (Å²) in [7, 11) is 0. The van der Waals surface area contributed by atoms with Crippen LogP contribution in [0.3, 0.4) is 0 Å². The first kappa shape index (κ1) is 17.7. The van der Waals surface area contributed by atoms with E-state index in [4.69, 9.17) is 16.3 Å². The zero-order chi connectivity index (χ0) is 17.9. The molecule has 0 radical (unpaired) electrons. The summed E-state index contributed by atoms with van der Waals surface area (Å²) < 4.78 is 43.2. The molecule has 9 heteroatoms. The van der Waals surface area contributed by atoms with E-state index >= 15 is 0 Å². The van der Waals surface area contributed by atoms with Gasteiger partial charge in [0.15, 0.2) is 0 Å². The normalized spacial score (nSPS) is 11.2. The minimum absolute atomic E-state index is 0.0361. The molecule has 0 N–H and O–H groups in total. The summed E-state index contributed by atoms with van der Waals surface area (Å²) in [6.45, 7) is -0.929. The molecule has 0 bridgehead atoms. The Morgan fingerprint density at radius 2 is 1.83 bits per heavy atom. The molecule has 2 rings (SSSR count). The van der Waals surface area contributed by atoms with E-state index in [0.717, 1.165) is 12.1 Å². The van der Waals surface area contributed by atoms with Crippen LogP contribution in [0, 0.1) is 10.1 Å². The Kier molecular flexibility index (Phi) is 5.08. The van der Waals surface area contributed by atoms with Crippen LogP contribution in [-0.2, 0) is 6.18 Å². The molecule has 0 saturated heterocycles. The van der Waals surface area contributed by atoms with Crippen molar-refractivity contribution in [3.8, 4) is 11.5 Å². The van der Waals surface area contributed by atoms with Gasteiger partial charge in [0.2, 0.25) is 5.78 Å². The van der Waals surface area contributed by atoms with Crippen LogP contribution in [0.5, 0.6) is 11.5 Å². The van der Waals surface area contributed by atoms with Gasteiger partial charge in [0.1, 0.15) is 11.5 Å². The lowest BCUT2D eigenvalue weighted by Gasteiger charge is -2.12. The number of para-hydroxylation sites is 1. The van der Waals surface area contributed by atoms with E-state index in [2.05, 4.69) is 0 Å². The molecule has 0 unspecified atom stereocenters. The van der Waals surface area contributed by atoms with Gasteiger partial charge in [0.05, 0.1) is 16.1 Å². The number of carbonyl (C=O) groups is 1. The minimum Gasteiger partial charge on any atom is -0.455 e. The maximum atomic E-state index is 12.6. The van der Waals surface area contributed by atoms with E-state index in [1.807, 2.05) is 0 Å². The van der Waals surface area contributed by atoms with Crippen molar-refractivity contribution in [2.24, 2.45) is 0 Å². The fourth-order valence-corrected chi connectivity index (χ4v) is 2.09. The van der Waals surface area contributed by atoms with Gasteiger partial charge in [-0.3, -0.25) is 14.9 Å². The number of nitrogens with zero attached hydrogens (tertiary/aromatic N) is 1. The van der Waals surface area contributed by atoms with Crippen LogP contribution in [0.4, 0.5) is 13.2 Å². The van der Waals surface area contributed by atoms with Crippen LogP contribution >= 0.6 is 11.6 Å². The Labute approximate surface area is 138 Å². The van der Waals surface area contributed by atoms with Crippen molar-refractivity contribution < 1.29 is 27.6 Å². The number of ketones is 1. The zero-order valence-electron chi connectivity index (χ0n) is 11.8. The van der Waals surface area contributed by atoms with Crippen LogP contribution in [0.25, 0.3) is 0 Å². The summed E-state index contributed by atoms with van der Waals surface area (Å²) in [5.74, 6) is -0.935. The monoisotopic (exact) mass is 359 g/mol. The van der Waals surface area contributed by atoms with Gasteiger partial charge in [-0.1, -0.05) is 23.7 Å². The highest BCUT2D eigenvalue weighted by atomic mass is 35.5. The molecule has 0 atom stereocenters. The van der Waals surface area contributed by atoms with Crippen molar-refractivity contribution in [2.45, 2.75) is 6.18 Å². The molecule has 0 aliphatic carbocycles. The number of Topliss-reactive ketones (excluding diaryl/α,β-unsaturated/α-hetero) is 1. The van der Waals surface area contributed by atoms with Crippen molar-refractivity contribution in [2.75, 3.05) is 6.54 Å². The van der Waals surface area contributed by atoms with Crippen molar-refractivity contribution in [1.29, 1.82) is 0 Å². The second kappa shape index (κ2) is 6.88. The third-order valence-electron chi connectivity index (χ3n) is 2.94. The Balaban J connectivity index is 2.32. The molecule has 5 nitrogen and oxygen atoms in total. The van der Waals surface area contributed by atoms with E-state index in [1.54, 1.807) is 0 Å². The van der Waals surface area contributed by atoms with Crippen molar-refractivity contribution in [1.82, 2.24) is 0 Å². The summed E-state index contributed by atoms with van der Waals surface area (Å²) in [6, 6.07) is 8.16. The van der Waals surface area contributed by atoms with Crippen molar-refractivity contribution >= 4 is 17.4 Å². The van der Waals surface area contributed by atoms with E-state index in [9.17, 15) is 28.1 Å². The van der Waals surface area contributed by atoms with Crippen LogP contribution in [0.2, 0.25) is 5.02 Å². The lowest BCUT2D eigenvalue weighted by Crippen LogP contribution is -2.14. The molecule has 0 saturated carbocycles. The summed E-state index contributed by atoms with van der Waals surface area (Å²) in [6.07, 6.45) is -4.55. The molecular weight excluding hydrogens is 351 g/mol. The van der Waals surface area contributed by atoms with Crippen molar-refractivity contribution in [3.05, 3.63) is 68.7 Å². The molecule has 0 aliphatic rings. The van der Waals surface area contributed by atoms with Gasteiger partial charge >= 0.3 is 6.18 Å². The molecule has 2 aromatic carbocycles. The summed E-state index contributed by atoms with van der Waals surface area (Å²) in [4.78, 5) is 21.5. The molecule has 0 fully saturated rings. The van der Waals surface area contributed by atoms with E-state index < -0.39 is 29.0 Å². The highest BCUT2D eigenvalue weighted by Crippen LogP contribution is 2.37. The van der Waals surface area contributed by atoms with Gasteiger partial charge in [-0.2, -0.15) is 13.2 Å². The number of hydrogen-bond acceptors (Lipinski definition) is 4. The first-order valence-electron chi connectivity index (χ1n) is 6.47. The number of carbonyl (C=O) groups excluding carboxylic acids is 1. The number of ether oxygens (including phenoxy) is 1. The second-order valence-corrected chi connectivity index (χ2v) is 5.06. The minimum atomic E-state index is -4.55. The van der Waals surface area contributed by atoms with Crippen LogP contribution in [0.1, 0.15) is 15.9 Å². The van der Waals surface area contributed by atoms with Crippen LogP contribution in [0.15, 0.2) is 42.5 Å². The lowest BCUT2D eigenvalue weighted by atomic mass is 10.1. The summed E-state index contributed by atoms with van der Waals surface area (Å²) >= 11 is 5.78. The molecule has 24 heavy (non-hydrogen) atoms. The van der Waals surface area contributed by atoms with Gasteiger partial charge in [-0.05, 0) is 30.3 Å². The smallest absolute Gasteiger partial charge is 0.416 e. The fourth-order valence-electron chi connectivity index (χ4n) is 1.87. The molecule has 126 valence electrons. The third-order valence-corrected chi connectivity index (χ3v) is 3.23. The third kappa shape index (κ3) is 4.23. The number of nitro groups is 1. The molecule has 0 aromatic heterocycles. The predicted octanol–water partition coefficient (Wildman–Crippen LogP) is 4.61. The second-order valence-electron chi connectivity index (χ2n) is 4.66. The molecule has 0 amide bonds. The summed E-state index contributed by atoms with van der Waals surface area (Å²) in [5, 5.41) is 10.2. The topological polar surface area (TPSA) is 69.4 Å². The fraction of sp³-hybridized carbons (Fsp3) is 0.133. The molecule has 0 heterocycles. The molecular formula is C15H9ClF3NO4. The largest absolute Gasteiger partial charge is 0.455 e. The molecule has 0 aliphatic heterocycles. The number of benzene rings is 2. The highest BCUT2D eigenvalue weighted by molar-refractivity contribution is 6.32. The number of rotatable bonds is 5. The predicted molar refractivity (Wildman–Crippen MR) is 79.2 cm³/mol. The first-order valence-corrected chi connectivity index (χ1v) is 6.85. The van der Waals surface area contributed by atoms with Crippen LogP contribution in [-0.4, -0.2) is 17.3 Å². The van der Waals surface area contributed by atoms with Gasteiger partial charge in [-0.15, -0.1) is 0 Å². The van der Waals surface area contributed by atoms with Gasteiger partial charge in [0, 0.05) is 4.92 Å². The highest BCUT2D eigenvalue weighted by Gasteiger charge is 2.31. The Bertz CT molecular complexity index is 793. The standard InChI is InChI=1S/C15H9ClF3NO4/c16-11-7-9(15(17,18)19)5-6-14(11)24-13-4-2-1-3-10(13)12(21)8-20(22)23/h1-7H,8H2. The van der Waals surface area contributed by atoms with Gasteiger partial charge in [0.25, 0.3) is 6.54 Å². The first-order chi connectivity index (χ1) is 11.2. The quantitative estimate of drug-likeness (QED) is 0.444. The maximum absolute atomic E-state index is 12.6. The summed E-state index contributed by atoms with van der Waals surface area (Å²) in [5.41, 5.74) is -1.01. The number of hydrogen-bond donors (Lipinski definition) is 0. The zero-order valence-corrected chi connectivity index (χ0v) is 12.6. The molecule has 2 aromatic rings. The van der Waals surface area contributed by atoms with Crippen LogP contribution < -0.4 is 4.74 Å². The average molecular weight is 360 g/mol. The maximum Gasteiger partial charge on any atom is 0.416 e. The van der Waals surface area contributed by atoms with E-state index in [1.165, 1.54) is 24.3 Å².